The Morgan fingerprint density at radius 2 is 2.04 bits per heavy atom. The topological polar surface area (TPSA) is 49.4 Å². The van der Waals surface area contributed by atoms with E-state index in [-0.39, 0.29) is 10.9 Å². The number of thiophene rings is 1. The molecule has 0 aliphatic carbocycles. The van der Waals surface area contributed by atoms with Crippen molar-refractivity contribution >= 4 is 33.0 Å². The number of likely N-dealkylation sites (tertiary alicyclic amines) is 1. The molecule has 1 atom stereocenters. The van der Waals surface area contributed by atoms with Crippen molar-refractivity contribution in [3.8, 4) is 0 Å². The second kappa shape index (κ2) is 7.54. The average Bonchev–Trinajstić information content (AvgIpc) is 3.24. The van der Waals surface area contributed by atoms with Crippen molar-refractivity contribution < 1.29 is 8.42 Å². The smallest absolute Gasteiger partial charge is 0.240 e. The molecule has 1 aliphatic rings. The summed E-state index contributed by atoms with van der Waals surface area (Å²) in [6.45, 7) is 4.24. The minimum Gasteiger partial charge on any atom is -0.295 e. The molecule has 24 heavy (non-hydrogen) atoms. The van der Waals surface area contributed by atoms with E-state index < -0.39 is 10.0 Å². The number of aryl methyl sites for hydroxylation is 1. The molecule has 1 aromatic heterocycles. The van der Waals surface area contributed by atoms with Gasteiger partial charge >= 0.3 is 0 Å². The lowest BCUT2D eigenvalue weighted by molar-refractivity contribution is 0.247. The third kappa shape index (κ3) is 4.00. The van der Waals surface area contributed by atoms with Gasteiger partial charge in [-0.2, -0.15) is 11.3 Å². The Hall–Kier alpha value is -0.920. The highest BCUT2D eigenvalue weighted by atomic mass is 35.5. The van der Waals surface area contributed by atoms with Crippen LogP contribution in [0.4, 0.5) is 0 Å². The average molecular weight is 385 g/mol. The summed E-state index contributed by atoms with van der Waals surface area (Å²) in [5.41, 5.74) is 2.04. The van der Waals surface area contributed by atoms with E-state index in [9.17, 15) is 8.42 Å². The quantitative estimate of drug-likeness (QED) is 0.823. The highest BCUT2D eigenvalue weighted by Gasteiger charge is 2.26. The number of halogens is 1. The Morgan fingerprint density at radius 3 is 2.67 bits per heavy atom. The fourth-order valence-corrected chi connectivity index (χ4v) is 5.00. The molecule has 0 saturated carbocycles. The van der Waals surface area contributed by atoms with E-state index in [1.165, 1.54) is 24.5 Å². The van der Waals surface area contributed by atoms with Gasteiger partial charge in [0.25, 0.3) is 0 Å². The second-order valence-corrected chi connectivity index (χ2v) is 9.03. The minimum absolute atomic E-state index is 0.0782. The van der Waals surface area contributed by atoms with Crippen LogP contribution in [0.3, 0.4) is 0 Å². The van der Waals surface area contributed by atoms with Crippen LogP contribution in [0.25, 0.3) is 0 Å². The van der Waals surface area contributed by atoms with Crippen molar-refractivity contribution in [3.63, 3.8) is 0 Å². The number of nitrogens with zero attached hydrogens (tertiary/aromatic N) is 1. The van der Waals surface area contributed by atoms with Gasteiger partial charge in [0.15, 0.2) is 0 Å². The molecular weight excluding hydrogens is 364 g/mol. The Kier molecular flexibility index (Phi) is 5.62. The number of hydrogen-bond donors (Lipinski definition) is 1. The van der Waals surface area contributed by atoms with Gasteiger partial charge in [-0.1, -0.05) is 17.7 Å². The highest BCUT2D eigenvalue weighted by molar-refractivity contribution is 7.89. The van der Waals surface area contributed by atoms with Gasteiger partial charge in [-0.15, -0.1) is 0 Å². The Bertz CT molecular complexity index is 785. The minimum atomic E-state index is -3.57. The summed E-state index contributed by atoms with van der Waals surface area (Å²) in [6.07, 6.45) is 2.34. The molecule has 1 saturated heterocycles. The molecule has 1 aromatic carbocycles. The van der Waals surface area contributed by atoms with Crippen LogP contribution >= 0.6 is 22.9 Å². The van der Waals surface area contributed by atoms with Gasteiger partial charge in [0, 0.05) is 17.6 Å². The molecular formula is C17H21ClN2O2S2. The third-order valence-electron chi connectivity index (χ3n) is 4.43. The second-order valence-electron chi connectivity index (χ2n) is 6.08. The monoisotopic (exact) mass is 384 g/mol. The number of hydrogen-bond acceptors (Lipinski definition) is 4. The standard InChI is InChI=1S/C17H21ClN2O2S2/c1-13-4-5-15(10-16(13)18)24(21,22)19-11-17(14-6-9-23-12-14)20-7-2-3-8-20/h4-6,9-10,12,17,19H,2-3,7-8,11H2,1H3. The zero-order valence-corrected chi connectivity index (χ0v) is 15.9. The van der Waals surface area contributed by atoms with Gasteiger partial charge < -0.3 is 0 Å². The van der Waals surface area contributed by atoms with Crippen LogP contribution in [-0.2, 0) is 10.0 Å². The van der Waals surface area contributed by atoms with Gasteiger partial charge in [0.2, 0.25) is 10.0 Å². The number of sulfonamides is 1. The maximum absolute atomic E-state index is 12.6. The molecule has 0 radical (unpaired) electrons. The van der Waals surface area contributed by atoms with Crippen molar-refractivity contribution in [2.45, 2.75) is 30.7 Å². The molecule has 0 spiro atoms. The number of benzene rings is 1. The van der Waals surface area contributed by atoms with Crippen molar-refractivity contribution in [1.82, 2.24) is 9.62 Å². The largest absolute Gasteiger partial charge is 0.295 e. The summed E-state index contributed by atoms with van der Waals surface area (Å²) in [5, 5.41) is 4.60. The van der Waals surface area contributed by atoms with Crippen molar-refractivity contribution in [1.29, 1.82) is 0 Å². The predicted octanol–water partition coefficient (Wildman–Crippen LogP) is 3.83. The summed E-state index contributed by atoms with van der Waals surface area (Å²) in [5.74, 6) is 0. The Labute approximate surface area is 152 Å². The van der Waals surface area contributed by atoms with Crippen molar-refractivity contribution in [3.05, 3.63) is 51.2 Å². The van der Waals surface area contributed by atoms with Gasteiger partial charge in [0.1, 0.15) is 0 Å². The predicted molar refractivity (Wildman–Crippen MR) is 99.2 cm³/mol. The van der Waals surface area contributed by atoms with E-state index in [1.54, 1.807) is 23.5 Å². The highest BCUT2D eigenvalue weighted by Crippen LogP contribution is 2.27. The Morgan fingerprint density at radius 1 is 1.29 bits per heavy atom. The van der Waals surface area contributed by atoms with E-state index in [2.05, 4.69) is 21.1 Å². The van der Waals surface area contributed by atoms with Crippen molar-refractivity contribution in [2.75, 3.05) is 19.6 Å². The SMILES string of the molecule is Cc1ccc(S(=O)(=O)NCC(c2ccsc2)N2CCCC2)cc1Cl. The van der Waals surface area contributed by atoms with Crippen LogP contribution < -0.4 is 4.72 Å². The summed E-state index contributed by atoms with van der Waals surface area (Å²) in [4.78, 5) is 2.57. The molecule has 1 unspecified atom stereocenters. The lowest BCUT2D eigenvalue weighted by Gasteiger charge is -2.27. The maximum Gasteiger partial charge on any atom is 0.240 e. The van der Waals surface area contributed by atoms with Crippen LogP contribution in [0.15, 0.2) is 39.9 Å². The molecule has 0 bridgehead atoms. The molecule has 3 rings (SSSR count). The maximum atomic E-state index is 12.6. The van der Waals surface area contributed by atoms with Crippen LogP contribution in [0.5, 0.6) is 0 Å². The Balaban J connectivity index is 1.76. The van der Waals surface area contributed by atoms with Gasteiger partial charge in [-0.25, -0.2) is 13.1 Å². The molecule has 1 N–H and O–H groups in total. The molecule has 4 nitrogen and oxygen atoms in total. The van der Waals surface area contributed by atoms with Crippen LogP contribution in [0.1, 0.15) is 30.0 Å². The first-order valence-corrected chi connectivity index (χ1v) is 10.8. The summed E-state index contributed by atoms with van der Waals surface area (Å²) in [7, 11) is -3.57. The first kappa shape index (κ1) is 17.9. The summed E-state index contributed by atoms with van der Waals surface area (Å²) in [6, 6.07) is 6.99. The van der Waals surface area contributed by atoms with E-state index in [4.69, 9.17) is 11.6 Å². The van der Waals surface area contributed by atoms with Crippen molar-refractivity contribution in [2.24, 2.45) is 0 Å². The van der Waals surface area contributed by atoms with Crippen LogP contribution in [-0.4, -0.2) is 33.0 Å². The van der Waals surface area contributed by atoms with Gasteiger partial charge in [-0.3, -0.25) is 4.90 Å². The molecule has 130 valence electrons. The molecule has 7 heteroatoms. The molecule has 1 fully saturated rings. The fraction of sp³-hybridized carbons (Fsp3) is 0.412. The van der Waals surface area contributed by atoms with Crippen LogP contribution in [0, 0.1) is 6.92 Å². The molecule has 2 aromatic rings. The van der Waals surface area contributed by atoms with E-state index in [0.29, 0.717) is 11.6 Å². The van der Waals surface area contributed by atoms with Crippen LogP contribution in [0.2, 0.25) is 5.02 Å². The molecule has 1 aliphatic heterocycles. The summed E-state index contributed by atoms with van der Waals surface area (Å²) >= 11 is 7.71. The van der Waals surface area contributed by atoms with E-state index in [0.717, 1.165) is 18.7 Å². The van der Waals surface area contributed by atoms with Gasteiger partial charge in [-0.05, 0) is 72.9 Å². The molecule has 2 heterocycles. The number of nitrogens with one attached hydrogen (secondary N) is 1. The van der Waals surface area contributed by atoms with Gasteiger partial charge in [0.05, 0.1) is 4.90 Å². The lowest BCUT2D eigenvalue weighted by atomic mass is 10.1. The van der Waals surface area contributed by atoms with E-state index >= 15 is 0 Å². The molecule has 0 amide bonds. The zero-order valence-electron chi connectivity index (χ0n) is 13.5. The zero-order chi connectivity index (χ0) is 17.2. The summed E-state index contributed by atoms with van der Waals surface area (Å²) < 4.78 is 28.0. The first-order valence-electron chi connectivity index (χ1n) is 7.99. The fourth-order valence-electron chi connectivity index (χ4n) is 2.99. The third-order valence-corrected chi connectivity index (χ3v) is 6.96. The number of rotatable bonds is 6. The lowest BCUT2D eigenvalue weighted by Crippen LogP contribution is -2.36. The first-order chi connectivity index (χ1) is 11.5. The van der Waals surface area contributed by atoms with E-state index in [1.807, 2.05) is 12.3 Å². The normalized spacial score (nSPS) is 17.2.